The molecule has 1 saturated heterocycles. The second kappa shape index (κ2) is 8.13. The summed E-state index contributed by atoms with van der Waals surface area (Å²) in [6.07, 6.45) is 1.58. The van der Waals surface area contributed by atoms with Gasteiger partial charge in [0.05, 0.1) is 27.2 Å². The molecule has 0 aliphatic carbocycles. The van der Waals surface area contributed by atoms with Crippen molar-refractivity contribution in [3.63, 3.8) is 0 Å². The third-order valence-corrected chi connectivity index (χ3v) is 5.73. The summed E-state index contributed by atoms with van der Waals surface area (Å²) >= 11 is 6.04. The van der Waals surface area contributed by atoms with Crippen molar-refractivity contribution < 1.29 is 23.7 Å². The molecule has 4 rings (SSSR count). The number of methoxy groups -OCH3 is 2. The van der Waals surface area contributed by atoms with Gasteiger partial charge in [-0.1, -0.05) is 17.7 Å². The lowest BCUT2D eigenvalue weighted by Crippen LogP contribution is -2.52. The number of ether oxygens (including phenoxy) is 4. The summed E-state index contributed by atoms with van der Waals surface area (Å²) in [5.41, 5.74) is 1.85. The molecule has 1 amide bonds. The van der Waals surface area contributed by atoms with Gasteiger partial charge in [0.2, 0.25) is 11.7 Å². The first-order valence-corrected chi connectivity index (χ1v) is 10.00. The summed E-state index contributed by atoms with van der Waals surface area (Å²) in [6.45, 7) is 1.65. The van der Waals surface area contributed by atoms with Crippen LogP contribution in [0.2, 0.25) is 5.02 Å². The Kier molecular flexibility index (Phi) is 5.56. The maximum absolute atomic E-state index is 12.8. The fourth-order valence-electron chi connectivity index (χ4n) is 3.82. The van der Waals surface area contributed by atoms with E-state index >= 15 is 0 Å². The Hall–Kier alpha value is -2.44. The number of likely N-dealkylation sites (tertiary alicyclic amines) is 1. The summed E-state index contributed by atoms with van der Waals surface area (Å²) in [7, 11) is 3.18. The number of hydrogen-bond acceptors (Lipinski definition) is 5. The minimum Gasteiger partial charge on any atom is -0.493 e. The summed E-state index contributed by atoms with van der Waals surface area (Å²) in [5.74, 6) is 1.50. The van der Waals surface area contributed by atoms with E-state index in [1.807, 2.05) is 41.3 Å². The molecule has 154 valence electrons. The van der Waals surface area contributed by atoms with Crippen molar-refractivity contribution in [2.45, 2.75) is 31.7 Å². The molecule has 29 heavy (non-hydrogen) atoms. The maximum Gasteiger partial charge on any atom is 0.226 e. The molecule has 2 aliphatic heterocycles. The molecule has 2 aromatic rings. The molecule has 0 atom stereocenters. The molecular weight excluding hydrogens is 394 g/mol. The Morgan fingerprint density at radius 1 is 1.10 bits per heavy atom. The van der Waals surface area contributed by atoms with Crippen molar-refractivity contribution in [3.8, 4) is 17.2 Å². The van der Waals surface area contributed by atoms with Crippen LogP contribution in [0.5, 0.6) is 17.2 Å². The van der Waals surface area contributed by atoms with Gasteiger partial charge in [-0.3, -0.25) is 4.79 Å². The number of fused-ring (bicyclic) bond motifs is 1. The topological polar surface area (TPSA) is 57.2 Å². The highest BCUT2D eigenvalue weighted by Crippen LogP contribution is 2.38. The molecule has 1 spiro atoms. The molecule has 0 aromatic heterocycles. The largest absolute Gasteiger partial charge is 0.493 e. The van der Waals surface area contributed by atoms with Gasteiger partial charge in [-0.2, -0.15) is 0 Å². The number of amides is 1. The van der Waals surface area contributed by atoms with E-state index in [9.17, 15) is 4.79 Å². The lowest BCUT2D eigenvalue weighted by Gasteiger charge is -2.44. The van der Waals surface area contributed by atoms with Gasteiger partial charge < -0.3 is 23.8 Å². The number of halogens is 1. The van der Waals surface area contributed by atoms with Crippen molar-refractivity contribution in [1.29, 1.82) is 0 Å². The van der Waals surface area contributed by atoms with Crippen LogP contribution >= 0.6 is 11.6 Å². The van der Waals surface area contributed by atoms with E-state index in [4.69, 9.17) is 30.5 Å². The summed E-state index contributed by atoms with van der Waals surface area (Å²) in [5, 5.41) is 0.669. The van der Waals surface area contributed by atoms with Gasteiger partial charge in [0.1, 0.15) is 5.75 Å². The van der Waals surface area contributed by atoms with Crippen LogP contribution in [0.4, 0.5) is 0 Å². The average Bonchev–Trinajstić information content (AvgIpc) is 2.74. The second-order valence-corrected chi connectivity index (χ2v) is 7.74. The Morgan fingerprint density at radius 2 is 1.86 bits per heavy atom. The zero-order valence-corrected chi connectivity index (χ0v) is 17.3. The number of benzene rings is 2. The normalized spacial score (nSPS) is 17.4. The van der Waals surface area contributed by atoms with Crippen LogP contribution in [-0.4, -0.2) is 43.9 Å². The fourth-order valence-corrected chi connectivity index (χ4v) is 4.01. The van der Waals surface area contributed by atoms with E-state index in [0.29, 0.717) is 55.5 Å². The SMILES string of the molecule is COc1ccc(CC(=O)N2CCC3(CC2)OCc2cc(Cl)ccc2O3)cc1OC. The maximum atomic E-state index is 12.8. The number of carbonyl (C=O) groups excluding carboxylic acids is 1. The average molecular weight is 418 g/mol. The molecule has 7 heteroatoms. The van der Waals surface area contributed by atoms with Crippen molar-refractivity contribution >= 4 is 17.5 Å². The third-order valence-electron chi connectivity index (χ3n) is 5.49. The standard InChI is InChI=1S/C22H24ClNO5/c1-26-19-5-3-15(11-20(19)27-2)12-21(25)24-9-7-22(8-10-24)28-14-16-13-17(23)4-6-18(16)29-22/h3-6,11,13H,7-10,12,14H2,1-2H3. The fraction of sp³-hybridized carbons (Fsp3) is 0.409. The van der Waals surface area contributed by atoms with Crippen LogP contribution in [0.25, 0.3) is 0 Å². The van der Waals surface area contributed by atoms with Crippen molar-refractivity contribution in [2.24, 2.45) is 0 Å². The van der Waals surface area contributed by atoms with Gasteiger partial charge in [-0.15, -0.1) is 0 Å². The van der Waals surface area contributed by atoms with Gasteiger partial charge in [0.25, 0.3) is 0 Å². The first kappa shape index (κ1) is 19.9. The smallest absolute Gasteiger partial charge is 0.226 e. The predicted molar refractivity (Wildman–Crippen MR) is 109 cm³/mol. The molecule has 0 saturated carbocycles. The quantitative estimate of drug-likeness (QED) is 0.756. The Bertz CT molecular complexity index is 908. The molecule has 0 unspecified atom stereocenters. The van der Waals surface area contributed by atoms with Crippen LogP contribution in [0.15, 0.2) is 36.4 Å². The van der Waals surface area contributed by atoms with Crippen molar-refractivity contribution in [2.75, 3.05) is 27.3 Å². The lowest BCUT2D eigenvalue weighted by molar-refractivity contribution is -0.227. The van der Waals surface area contributed by atoms with E-state index < -0.39 is 5.79 Å². The van der Waals surface area contributed by atoms with Crippen LogP contribution < -0.4 is 14.2 Å². The van der Waals surface area contributed by atoms with Crippen LogP contribution in [0, 0.1) is 0 Å². The van der Waals surface area contributed by atoms with E-state index in [1.54, 1.807) is 14.2 Å². The van der Waals surface area contributed by atoms with Crippen molar-refractivity contribution in [3.05, 3.63) is 52.5 Å². The van der Waals surface area contributed by atoms with E-state index in [0.717, 1.165) is 16.9 Å². The molecule has 0 radical (unpaired) electrons. The molecule has 2 aromatic carbocycles. The molecule has 2 heterocycles. The third kappa shape index (κ3) is 4.14. The zero-order chi connectivity index (χ0) is 20.4. The lowest BCUT2D eigenvalue weighted by atomic mass is 10.0. The molecular formula is C22H24ClNO5. The molecule has 0 N–H and O–H groups in total. The van der Waals surface area contributed by atoms with Crippen molar-refractivity contribution in [1.82, 2.24) is 4.90 Å². The van der Waals surface area contributed by atoms with E-state index in [-0.39, 0.29) is 5.91 Å². The molecule has 0 bridgehead atoms. The number of piperidine rings is 1. The Labute approximate surface area is 175 Å². The predicted octanol–water partition coefficient (Wildman–Crippen LogP) is 3.83. The highest BCUT2D eigenvalue weighted by atomic mass is 35.5. The minimum atomic E-state index is -0.666. The molecule has 6 nitrogen and oxygen atoms in total. The van der Waals surface area contributed by atoms with Crippen LogP contribution in [0.1, 0.15) is 24.0 Å². The van der Waals surface area contributed by atoms with Gasteiger partial charge >= 0.3 is 0 Å². The van der Waals surface area contributed by atoms with Gasteiger partial charge in [0.15, 0.2) is 11.5 Å². The first-order chi connectivity index (χ1) is 14.0. The van der Waals surface area contributed by atoms with Crippen LogP contribution in [0.3, 0.4) is 0 Å². The highest BCUT2D eigenvalue weighted by molar-refractivity contribution is 6.30. The van der Waals surface area contributed by atoms with Crippen LogP contribution in [-0.2, 0) is 22.6 Å². The summed E-state index contributed by atoms with van der Waals surface area (Å²) < 4.78 is 22.8. The number of hydrogen-bond donors (Lipinski definition) is 0. The Balaban J connectivity index is 1.37. The Morgan fingerprint density at radius 3 is 2.59 bits per heavy atom. The number of nitrogens with zero attached hydrogens (tertiary/aromatic N) is 1. The second-order valence-electron chi connectivity index (χ2n) is 7.30. The van der Waals surface area contributed by atoms with Gasteiger partial charge in [-0.05, 0) is 35.9 Å². The monoisotopic (exact) mass is 417 g/mol. The molecule has 1 fully saturated rings. The first-order valence-electron chi connectivity index (χ1n) is 9.62. The van der Waals surface area contributed by atoms with E-state index in [2.05, 4.69) is 0 Å². The van der Waals surface area contributed by atoms with E-state index in [1.165, 1.54) is 0 Å². The van der Waals surface area contributed by atoms with Gasteiger partial charge in [0, 0.05) is 36.5 Å². The van der Waals surface area contributed by atoms with Gasteiger partial charge in [-0.25, -0.2) is 0 Å². The minimum absolute atomic E-state index is 0.0788. The highest BCUT2D eigenvalue weighted by Gasteiger charge is 2.41. The number of carbonyl (C=O) groups is 1. The summed E-state index contributed by atoms with van der Waals surface area (Å²) in [4.78, 5) is 14.7. The number of rotatable bonds is 4. The summed E-state index contributed by atoms with van der Waals surface area (Å²) in [6, 6.07) is 11.1. The molecule has 2 aliphatic rings. The zero-order valence-electron chi connectivity index (χ0n) is 16.6.